The van der Waals surface area contributed by atoms with E-state index >= 15 is 0 Å². The number of imidazole rings is 1. The third kappa shape index (κ3) is 3.68. The van der Waals surface area contributed by atoms with E-state index in [1.807, 2.05) is 24.5 Å². The molecule has 2 N–H and O–H groups in total. The van der Waals surface area contributed by atoms with Gasteiger partial charge in [0.1, 0.15) is 11.4 Å². The highest BCUT2D eigenvalue weighted by Gasteiger charge is 2.23. The van der Waals surface area contributed by atoms with Crippen LogP contribution in [0, 0.1) is 0 Å². The van der Waals surface area contributed by atoms with Gasteiger partial charge in [-0.15, -0.1) is 0 Å². The summed E-state index contributed by atoms with van der Waals surface area (Å²) in [5, 5.41) is 14.6. The second-order valence-corrected chi connectivity index (χ2v) is 8.68. The molecule has 3 heterocycles. The Morgan fingerprint density at radius 2 is 2.14 bits per heavy atom. The Kier molecular flexibility index (Phi) is 4.85. The first-order chi connectivity index (χ1) is 14.2. The second kappa shape index (κ2) is 7.65. The van der Waals surface area contributed by atoms with Crippen molar-refractivity contribution in [1.82, 2.24) is 14.4 Å². The summed E-state index contributed by atoms with van der Waals surface area (Å²) in [6.07, 6.45) is 8.54. The fourth-order valence-corrected chi connectivity index (χ4v) is 5.04. The van der Waals surface area contributed by atoms with Crippen molar-refractivity contribution < 1.29 is 9.84 Å². The van der Waals surface area contributed by atoms with Crippen LogP contribution in [-0.2, 0) is 6.42 Å². The van der Waals surface area contributed by atoms with E-state index in [1.165, 1.54) is 5.56 Å². The normalized spacial score (nSPS) is 19.7. The lowest BCUT2D eigenvalue weighted by molar-refractivity contribution is 0.116. The molecule has 3 aromatic heterocycles. The maximum absolute atomic E-state index is 10.2. The summed E-state index contributed by atoms with van der Waals surface area (Å²) in [5.41, 5.74) is 4.24. The molecule has 1 aromatic carbocycles. The monoisotopic (exact) mass is 408 g/mol. The molecule has 0 saturated heterocycles. The molecule has 1 saturated carbocycles. The van der Waals surface area contributed by atoms with Gasteiger partial charge in [-0.2, -0.15) is 0 Å². The minimum Gasteiger partial charge on any atom is -0.495 e. The predicted molar refractivity (Wildman–Crippen MR) is 116 cm³/mol. The molecule has 0 amide bonds. The van der Waals surface area contributed by atoms with Gasteiger partial charge < -0.3 is 19.6 Å². The molecular weight excluding hydrogens is 384 g/mol. The zero-order chi connectivity index (χ0) is 19.8. The van der Waals surface area contributed by atoms with Gasteiger partial charge in [0.05, 0.1) is 35.7 Å². The van der Waals surface area contributed by atoms with Crippen LogP contribution in [0.3, 0.4) is 0 Å². The molecule has 7 heteroatoms. The van der Waals surface area contributed by atoms with Gasteiger partial charge in [0, 0.05) is 18.3 Å². The van der Waals surface area contributed by atoms with Crippen LogP contribution in [0.4, 0.5) is 5.13 Å². The largest absolute Gasteiger partial charge is 0.495 e. The van der Waals surface area contributed by atoms with Gasteiger partial charge in [-0.1, -0.05) is 30.2 Å². The number of aliphatic hydroxyl groups is 1. The lowest BCUT2D eigenvalue weighted by Gasteiger charge is -2.27. The molecule has 1 aliphatic rings. The lowest BCUT2D eigenvalue weighted by Crippen LogP contribution is -2.36. The van der Waals surface area contributed by atoms with Crippen LogP contribution in [0.1, 0.15) is 36.9 Å². The third-order valence-electron chi connectivity index (χ3n) is 5.67. The standard InChI is InChI=1S/C22H24N4O2S/c1-28-16-7-9-21-23-12-15(26(21)13-16)10-14-6-8-18-20(11-14)29-22(25-18)24-17-4-2-3-5-19(17)27/h6-9,11-13,17,19,27H,2-5,10H2,1H3,(H,24,25). The van der Waals surface area contributed by atoms with Crippen LogP contribution < -0.4 is 10.1 Å². The molecular formula is C22H24N4O2S. The van der Waals surface area contributed by atoms with Crippen LogP contribution in [0.25, 0.3) is 15.9 Å². The zero-order valence-electron chi connectivity index (χ0n) is 16.3. The first kappa shape index (κ1) is 18.4. The number of methoxy groups -OCH3 is 1. The second-order valence-electron chi connectivity index (χ2n) is 7.65. The molecule has 150 valence electrons. The van der Waals surface area contributed by atoms with Crippen LogP contribution >= 0.6 is 11.3 Å². The van der Waals surface area contributed by atoms with Crippen molar-refractivity contribution in [3.05, 3.63) is 54.0 Å². The highest BCUT2D eigenvalue weighted by molar-refractivity contribution is 7.22. The molecule has 6 nitrogen and oxygen atoms in total. The van der Waals surface area contributed by atoms with Gasteiger partial charge in [0.25, 0.3) is 0 Å². The summed E-state index contributed by atoms with van der Waals surface area (Å²) in [6, 6.07) is 10.4. The Bertz CT molecular complexity index is 1150. The Balaban J connectivity index is 1.39. The number of nitrogens with one attached hydrogen (secondary N) is 1. The van der Waals surface area contributed by atoms with E-state index in [9.17, 15) is 5.11 Å². The number of anilines is 1. The third-order valence-corrected chi connectivity index (χ3v) is 6.62. The minimum atomic E-state index is -0.279. The number of pyridine rings is 1. The van der Waals surface area contributed by atoms with Gasteiger partial charge >= 0.3 is 0 Å². The number of hydrogen-bond acceptors (Lipinski definition) is 6. The maximum Gasteiger partial charge on any atom is 0.184 e. The maximum atomic E-state index is 10.2. The van der Waals surface area contributed by atoms with E-state index in [0.29, 0.717) is 0 Å². The molecule has 29 heavy (non-hydrogen) atoms. The Morgan fingerprint density at radius 3 is 3.00 bits per heavy atom. The van der Waals surface area contributed by atoms with Gasteiger partial charge in [0.15, 0.2) is 5.13 Å². The minimum absolute atomic E-state index is 0.108. The van der Waals surface area contributed by atoms with Gasteiger partial charge in [-0.3, -0.25) is 0 Å². The summed E-state index contributed by atoms with van der Waals surface area (Å²) in [7, 11) is 1.67. The molecule has 5 rings (SSSR count). The Labute approximate surface area is 173 Å². The zero-order valence-corrected chi connectivity index (χ0v) is 17.2. The van der Waals surface area contributed by atoms with E-state index in [0.717, 1.165) is 64.5 Å². The number of thiazole rings is 1. The first-order valence-electron chi connectivity index (χ1n) is 10.0. The van der Waals surface area contributed by atoms with E-state index in [-0.39, 0.29) is 12.1 Å². The van der Waals surface area contributed by atoms with E-state index < -0.39 is 0 Å². The Hall–Kier alpha value is -2.64. The first-order valence-corrected chi connectivity index (χ1v) is 10.9. The summed E-state index contributed by atoms with van der Waals surface area (Å²) in [5.74, 6) is 0.815. The number of rotatable bonds is 5. The van der Waals surface area contributed by atoms with Crippen molar-refractivity contribution in [3.8, 4) is 5.75 Å². The van der Waals surface area contributed by atoms with Crippen molar-refractivity contribution in [3.63, 3.8) is 0 Å². The van der Waals surface area contributed by atoms with Gasteiger partial charge in [-0.25, -0.2) is 9.97 Å². The number of fused-ring (bicyclic) bond motifs is 2. The highest BCUT2D eigenvalue weighted by atomic mass is 32.1. The number of nitrogens with zero attached hydrogens (tertiary/aromatic N) is 3. The topological polar surface area (TPSA) is 71.7 Å². The van der Waals surface area contributed by atoms with Crippen LogP contribution in [0.5, 0.6) is 5.75 Å². The van der Waals surface area contributed by atoms with E-state index in [4.69, 9.17) is 9.72 Å². The summed E-state index contributed by atoms with van der Waals surface area (Å²) in [6.45, 7) is 0. The van der Waals surface area contributed by atoms with Crippen molar-refractivity contribution >= 4 is 32.3 Å². The number of aromatic nitrogens is 3. The van der Waals surface area contributed by atoms with Gasteiger partial charge in [-0.05, 0) is 42.7 Å². The van der Waals surface area contributed by atoms with Crippen LogP contribution in [-0.4, -0.2) is 38.7 Å². The molecule has 2 unspecified atom stereocenters. The molecule has 1 aliphatic carbocycles. The summed E-state index contributed by atoms with van der Waals surface area (Å²) >= 11 is 1.65. The lowest BCUT2D eigenvalue weighted by atomic mass is 9.93. The molecule has 0 radical (unpaired) electrons. The van der Waals surface area contributed by atoms with Crippen LogP contribution in [0.15, 0.2) is 42.7 Å². The number of benzene rings is 1. The Morgan fingerprint density at radius 1 is 1.24 bits per heavy atom. The fraction of sp³-hybridized carbons (Fsp3) is 0.364. The molecule has 0 bridgehead atoms. The number of ether oxygens (including phenoxy) is 1. The summed E-state index contributed by atoms with van der Waals surface area (Å²) < 4.78 is 8.58. The average Bonchev–Trinajstić information content (AvgIpc) is 3.32. The van der Waals surface area contributed by atoms with Crippen molar-refractivity contribution in [1.29, 1.82) is 0 Å². The SMILES string of the molecule is COc1ccc2ncc(Cc3ccc4nc(NC5CCCCC5O)sc4c3)n2c1. The highest BCUT2D eigenvalue weighted by Crippen LogP contribution is 2.30. The number of hydrogen-bond donors (Lipinski definition) is 2. The smallest absolute Gasteiger partial charge is 0.184 e. The summed E-state index contributed by atoms with van der Waals surface area (Å²) in [4.78, 5) is 9.21. The number of aliphatic hydroxyl groups excluding tert-OH is 1. The molecule has 1 fully saturated rings. The van der Waals surface area contributed by atoms with Gasteiger partial charge in [0.2, 0.25) is 0 Å². The average molecular weight is 409 g/mol. The molecule has 0 aliphatic heterocycles. The van der Waals surface area contributed by atoms with Crippen molar-refractivity contribution in [2.75, 3.05) is 12.4 Å². The van der Waals surface area contributed by atoms with Crippen molar-refractivity contribution in [2.24, 2.45) is 0 Å². The van der Waals surface area contributed by atoms with Crippen LogP contribution in [0.2, 0.25) is 0 Å². The van der Waals surface area contributed by atoms with E-state index in [2.05, 4.69) is 32.9 Å². The quantitative estimate of drug-likeness (QED) is 0.516. The fourth-order valence-electron chi connectivity index (χ4n) is 4.05. The molecule has 4 aromatic rings. The van der Waals surface area contributed by atoms with E-state index in [1.54, 1.807) is 18.4 Å². The molecule has 0 spiro atoms. The predicted octanol–water partition coefficient (Wildman–Crippen LogP) is 4.26. The molecule has 2 atom stereocenters. The van der Waals surface area contributed by atoms with Crippen molar-refractivity contribution in [2.45, 2.75) is 44.2 Å².